The monoisotopic (exact) mass is 312 g/mol. The Morgan fingerprint density at radius 3 is 2.80 bits per heavy atom. The maximum atomic E-state index is 5.95. The molecule has 0 amide bonds. The van der Waals surface area contributed by atoms with Gasteiger partial charge in [0, 0.05) is 13.0 Å². The van der Waals surface area contributed by atoms with Crippen molar-refractivity contribution in [3.63, 3.8) is 0 Å². The molecule has 1 aliphatic rings. The van der Waals surface area contributed by atoms with Crippen LogP contribution in [0.3, 0.4) is 0 Å². The number of ether oxygens (including phenoxy) is 1. The maximum absolute atomic E-state index is 5.95. The van der Waals surface area contributed by atoms with Crippen molar-refractivity contribution < 1.29 is 9.15 Å². The lowest BCUT2D eigenvalue weighted by atomic mass is 10.1. The second kappa shape index (κ2) is 7.71. The minimum atomic E-state index is 0.212. The summed E-state index contributed by atoms with van der Waals surface area (Å²) in [6.07, 6.45) is 4.99. The minimum absolute atomic E-state index is 0.212. The normalized spacial score (nSPS) is 21.6. The molecule has 0 aromatic carbocycles. The van der Waals surface area contributed by atoms with E-state index in [2.05, 4.69) is 10.6 Å². The van der Waals surface area contributed by atoms with Crippen LogP contribution in [0.15, 0.2) is 22.8 Å². The van der Waals surface area contributed by atoms with E-state index < -0.39 is 0 Å². The first kappa shape index (κ1) is 15.4. The van der Waals surface area contributed by atoms with E-state index in [0.29, 0.717) is 6.54 Å². The van der Waals surface area contributed by atoms with Gasteiger partial charge in [-0.1, -0.05) is 24.4 Å². The van der Waals surface area contributed by atoms with E-state index in [1.54, 1.807) is 6.26 Å². The zero-order valence-corrected chi connectivity index (χ0v) is 13.2. The lowest BCUT2D eigenvalue weighted by Gasteiger charge is -2.15. The zero-order valence-electron chi connectivity index (χ0n) is 11.6. The molecule has 4 nitrogen and oxygen atoms in total. The molecular formula is C14H20N2O2S2. The molecule has 0 radical (unpaired) electrons. The summed E-state index contributed by atoms with van der Waals surface area (Å²) in [5.74, 6) is 0.887. The van der Waals surface area contributed by atoms with E-state index in [4.69, 9.17) is 33.6 Å². The fourth-order valence-corrected chi connectivity index (χ4v) is 2.56. The van der Waals surface area contributed by atoms with E-state index in [1.807, 2.05) is 19.1 Å². The molecule has 2 N–H and O–H groups in total. The zero-order chi connectivity index (χ0) is 14.4. The van der Waals surface area contributed by atoms with E-state index in [9.17, 15) is 0 Å². The van der Waals surface area contributed by atoms with Gasteiger partial charge in [-0.15, -0.1) is 0 Å². The van der Waals surface area contributed by atoms with Crippen LogP contribution < -0.4 is 10.6 Å². The Kier molecular flexibility index (Phi) is 5.94. The summed E-state index contributed by atoms with van der Waals surface area (Å²) in [6.45, 7) is 3.31. The van der Waals surface area contributed by atoms with Gasteiger partial charge >= 0.3 is 0 Å². The number of nitrogens with one attached hydrogen (secondary N) is 2. The van der Waals surface area contributed by atoms with Crippen LogP contribution in [0.2, 0.25) is 0 Å². The van der Waals surface area contributed by atoms with Crippen LogP contribution in [-0.2, 0) is 11.3 Å². The molecule has 6 heteroatoms. The molecule has 0 saturated carbocycles. The van der Waals surface area contributed by atoms with Crippen molar-refractivity contribution in [2.24, 2.45) is 0 Å². The molecule has 0 spiro atoms. The van der Waals surface area contributed by atoms with Crippen molar-refractivity contribution >= 4 is 34.4 Å². The topological polar surface area (TPSA) is 46.4 Å². The summed E-state index contributed by atoms with van der Waals surface area (Å²) >= 11 is 10.3. The standard InChI is InChI=1S/C14H20N2O2S2/c1-10(19)15-9-13-5-4-11(18-13)7-14(20)16-8-12-3-2-6-17-12/h2-3,6,11,13H,4-5,7-9H2,1H3,(H,15,19)(H,16,20). The van der Waals surface area contributed by atoms with Crippen molar-refractivity contribution in [2.45, 2.75) is 44.9 Å². The smallest absolute Gasteiger partial charge is 0.122 e. The number of furan rings is 1. The SMILES string of the molecule is CC(=S)NCC1CCC(CC(=S)NCc2ccco2)O1. The van der Waals surface area contributed by atoms with Crippen molar-refractivity contribution in [1.82, 2.24) is 10.6 Å². The number of hydrogen-bond donors (Lipinski definition) is 2. The first-order valence-corrected chi connectivity index (χ1v) is 7.64. The summed E-state index contributed by atoms with van der Waals surface area (Å²) in [6, 6.07) is 3.80. The average Bonchev–Trinajstić information content (AvgIpc) is 3.05. The summed E-state index contributed by atoms with van der Waals surface area (Å²) in [4.78, 5) is 1.64. The van der Waals surface area contributed by atoms with Crippen LogP contribution in [0, 0.1) is 0 Å². The predicted octanol–water partition coefficient (Wildman–Crippen LogP) is 2.57. The fourth-order valence-electron chi connectivity index (χ4n) is 2.22. The fraction of sp³-hybridized carbons (Fsp3) is 0.571. The highest BCUT2D eigenvalue weighted by molar-refractivity contribution is 7.80. The predicted molar refractivity (Wildman–Crippen MR) is 86.9 cm³/mol. The van der Waals surface area contributed by atoms with E-state index in [-0.39, 0.29) is 12.2 Å². The summed E-state index contributed by atoms with van der Waals surface area (Å²) in [5.41, 5.74) is 0. The van der Waals surface area contributed by atoms with Gasteiger partial charge in [0.05, 0.1) is 35.0 Å². The molecule has 0 aliphatic carbocycles. The van der Waals surface area contributed by atoms with Crippen molar-refractivity contribution in [2.75, 3.05) is 6.54 Å². The highest BCUT2D eigenvalue weighted by atomic mass is 32.1. The Morgan fingerprint density at radius 2 is 2.10 bits per heavy atom. The molecule has 1 aliphatic heterocycles. The summed E-state index contributed by atoms with van der Waals surface area (Å²) < 4.78 is 11.2. The van der Waals surface area contributed by atoms with E-state index in [0.717, 1.165) is 41.5 Å². The maximum Gasteiger partial charge on any atom is 0.122 e. The highest BCUT2D eigenvalue weighted by Crippen LogP contribution is 2.22. The van der Waals surface area contributed by atoms with E-state index in [1.165, 1.54) is 0 Å². The van der Waals surface area contributed by atoms with Crippen LogP contribution in [-0.4, -0.2) is 28.7 Å². The molecule has 20 heavy (non-hydrogen) atoms. The molecule has 1 aromatic rings. The van der Waals surface area contributed by atoms with Crippen LogP contribution >= 0.6 is 24.4 Å². The van der Waals surface area contributed by atoms with Gasteiger partial charge in [0.15, 0.2) is 0 Å². The van der Waals surface area contributed by atoms with Gasteiger partial charge in [0.2, 0.25) is 0 Å². The Bertz CT molecular complexity index is 448. The molecule has 2 atom stereocenters. The second-order valence-corrected chi connectivity index (χ2v) is 6.06. The minimum Gasteiger partial charge on any atom is -0.467 e. The van der Waals surface area contributed by atoms with Gasteiger partial charge in [-0.2, -0.15) is 0 Å². The molecule has 1 saturated heterocycles. The van der Waals surface area contributed by atoms with Gasteiger partial charge in [-0.3, -0.25) is 0 Å². The van der Waals surface area contributed by atoms with Crippen molar-refractivity contribution in [1.29, 1.82) is 0 Å². The third-order valence-electron chi connectivity index (χ3n) is 3.23. The summed E-state index contributed by atoms with van der Waals surface area (Å²) in [7, 11) is 0. The highest BCUT2D eigenvalue weighted by Gasteiger charge is 2.25. The molecule has 2 rings (SSSR count). The Morgan fingerprint density at radius 1 is 1.30 bits per heavy atom. The Balaban J connectivity index is 1.64. The molecule has 1 aromatic heterocycles. The molecule has 110 valence electrons. The van der Waals surface area contributed by atoms with Gasteiger partial charge < -0.3 is 19.8 Å². The Hall–Kier alpha value is -0.980. The number of hydrogen-bond acceptors (Lipinski definition) is 4. The average molecular weight is 312 g/mol. The number of thiocarbonyl (C=S) groups is 2. The third kappa shape index (κ3) is 5.19. The molecule has 1 fully saturated rings. The number of rotatable bonds is 6. The van der Waals surface area contributed by atoms with Gasteiger partial charge in [-0.05, 0) is 31.9 Å². The van der Waals surface area contributed by atoms with Gasteiger partial charge in [0.25, 0.3) is 0 Å². The molecule has 0 bridgehead atoms. The van der Waals surface area contributed by atoms with E-state index >= 15 is 0 Å². The third-order valence-corrected chi connectivity index (χ3v) is 3.68. The van der Waals surface area contributed by atoms with Crippen LogP contribution in [0.1, 0.15) is 31.9 Å². The summed E-state index contributed by atoms with van der Waals surface area (Å²) in [5, 5.41) is 6.35. The van der Waals surface area contributed by atoms with Crippen molar-refractivity contribution in [3.8, 4) is 0 Å². The lowest BCUT2D eigenvalue weighted by Crippen LogP contribution is -2.30. The molecule has 2 heterocycles. The Labute approximate surface area is 130 Å². The van der Waals surface area contributed by atoms with Crippen LogP contribution in [0.25, 0.3) is 0 Å². The van der Waals surface area contributed by atoms with Crippen LogP contribution in [0.5, 0.6) is 0 Å². The van der Waals surface area contributed by atoms with Gasteiger partial charge in [0.1, 0.15) is 5.76 Å². The van der Waals surface area contributed by atoms with Crippen LogP contribution in [0.4, 0.5) is 0 Å². The first-order chi connectivity index (χ1) is 9.63. The molecular weight excluding hydrogens is 292 g/mol. The molecule has 2 unspecified atom stereocenters. The lowest BCUT2D eigenvalue weighted by molar-refractivity contribution is 0.0522. The second-order valence-electron chi connectivity index (χ2n) is 4.95. The first-order valence-electron chi connectivity index (χ1n) is 6.82. The quantitative estimate of drug-likeness (QED) is 0.787. The van der Waals surface area contributed by atoms with Gasteiger partial charge in [-0.25, -0.2) is 0 Å². The van der Waals surface area contributed by atoms with Crippen molar-refractivity contribution in [3.05, 3.63) is 24.2 Å². The largest absolute Gasteiger partial charge is 0.467 e.